The number of anilines is 1. The van der Waals surface area contributed by atoms with E-state index in [1.54, 1.807) is 31.8 Å². The quantitative estimate of drug-likeness (QED) is 0.144. The number of carbonyl (C=O) groups is 1. The van der Waals surface area contributed by atoms with Gasteiger partial charge in [0.05, 0.1) is 36.4 Å². The van der Waals surface area contributed by atoms with Crippen LogP contribution in [0.2, 0.25) is 5.02 Å². The van der Waals surface area contributed by atoms with Crippen LogP contribution < -0.4 is 20.1 Å². The molecule has 1 fully saturated rings. The van der Waals surface area contributed by atoms with Gasteiger partial charge in [0.25, 0.3) is 5.91 Å². The first-order valence-electron chi connectivity index (χ1n) is 15.7. The van der Waals surface area contributed by atoms with Crippen LogP contribution in [0.25, 0.3) is 20.7 Å². The lowest BCUT2D eigenvalue weighted by Crippen LogP contribution is -2.44. The summed E-state index contributed by atoms with van der Waals surface area (Å²) in [7, 11) is 5.44. The monoisotopic (exact) mass is 670 g/mol. The fourth-order valence-electron chi connectivity index (χ4n) is 5.74. The molecule has 0 radical (unpaired) electrons. The lowest BCUT2D eigenvalue weighted by atomic mass is 9.97. The predicted octanol–water partition coefficient (Wildman–Crippen LogP) is 6.60. The van der Waals surface area contributed by atoms with E-state index in [9.17, 15) is 4.79 Å². The Bertz CT molecular complexity index is 1760. The van der Waals surface area contributed by atoms with Crippen LogP contribution in [0.5, 0.6) is 11.5 Å². The van der Waals surface area contributed by atoms with Crippen molar-refractivity contribution in [2.24, 2.45) is 0 Å². The molecular weight excluding hydrogens is 632 g/mol. The topological polar surface area (TPSA) is 91.8 Å². The first-order chi connectivity index (χ1) is 22.9. The van der Waals surface area contributed by atoms with Crippen molar-refractivity contribution in [3.63, 3.8) is 0 Å². The fraction of sp³-hybridized carbons (Fsp3) is 0.306. The number of likely N-dealkylation sites (N-methyl/N-ethyl adjacent to an activating group) is 1. The molecule has 0 aliphatic carbocycles. The largest absolute Gasteiger partial charge is 0.497 e. The number of benzene rings is 3. The number of nitrogens with zero attached hydrogens (tertiary/aromatic N) is 4. The molecule has 3 aromatic carbocycles. The summed E-state index contributed by atoms with van der Waals surface area (Å²) in [5.41, 5.74) is 3.08. The van der Waals surface area contributed by atoms with Gasteiger partial charge in [-0.1, -0.05) is 41.9 Å². The summed E-state index contributed by atoms with van der Waals surface area (Å²) >= 11 is 8.18. The van der Waals surface area contributed by atoms with Gasteiger partial charge in [-0.25, -0.2) is 9.97 Å². The Morgan fingerprint density at radius 2 is 1.62 bits per heavy atom. The van der Waals surface area contributed by atoms with E-state index in [0.29, 0.717) is 22.2 Å². The summed E-state index contributed by atoms with van der Waals surface area (Å²) in [6.07, 6.45) is 2.64. The van der Waals surface area contributed by atoms with Crippen LogP contribution in [0.4, 0.5) is 5.95 Å². The lowest BCUT2D eigenvalue weighted by Gasteiger charge is -2.32. The minimum atomic E-state index is -0.395. The van der Waals surface area contributed by atoms with Crippen molar-refractivity contribution < 1.29 is 14.3 Å². The van der Waals surface area contributed by atoms with Gasteiger partial charge in [0.15, 0.2) is 0 Å². The smallest absolute Gasteiger partial charge is 0.252 e. The summed E-state index contributed by atoms with van der Waals surface area (Å²) in [6, 6.07) is 22.8. The fourth-order valence-corrected chi connectivity index (χ4v) is 7.08. The molecule has 0 spiro atoms. The van der Waals surface area contributed by atoms with Crippen LogP contribution >= 0.6 is 22.9 Å². The van der Waals surface area contributed by atoms with Crippen molar-refractivity contribution in [1.82, 2.24) is 25.1 Å². The van der Waals surface area contributed by atoms with Gasteiger partial charge in [0.1, 0.15) is 17.2 Å². The van der Waals surface area contributed by atoms with Crippen LogP contribution in [0.1, 0.15) is 33.9 Å². The Hall–Kier alpha value is -4.22. The Kier molecular flexibility index (Phi) is 10.5. The van der Waals surface area contributed by atoms with Crippen molar-refractivity contribution in [1.29, 1.82) is 0 Å². The molecule has 0 saturated carbocycles. The van der Waals surface area contributed by atoms with E-state index in [-0.39, 0.29) is 5.91 Å². The van der Waals surface area contributed by atoms with Crippen LogP contribution in [0.15, 0.2) is 79.0 Å². The minimum Gasteiger partial charge on any atom is -0.497 e. The average molecular weight is 671 g/mol. The highest BCUT2D eigenvalue weighted by Crippen LogP contribution is 2.38. The molecule has 3 heterocycles. The number of halogens is 1. The van der Waals surface area contributed by atoms with Crippen LogP contribution in [0.3, 0.4) is 0 Å². The molecule has 5 aromatic rings. The maximum Gasteiger partial charge on any atom is 0.252 e. The maximum atomic E-state index is 14.0. The molecule has 1 saturated heterocycles. The van der Waals surface area contributed by atoms with Crippen molar-refractivity contribution in [2.45, 2.75) is 12.5 Å². The van der Waals surface area contributed by atoms with E-state index in [1.165, 1.54) is 0 Å². The number of amides is 1. The number of aromatic nitrogens is 2. The summed E-state index contributed by atoms with van der Waals surface area (Å²) in [6.45, 7) is 6.25. The summed E-state index contributed by atoms with van der Waals surface area (Å²) in [5.74, 6) is 1.85. The summed E-state index contributed by atoms with van der Waals surface area (Å²) in [5, 5.41) is 7.94. The van der Waals surface area contributed by atoms with E-state index in [2.05, 4.69) is 32.5 Å². The number of carbonyl (C=O) groups excluding carboxylic acids is 1. The Morgan fingerprint density at radius 1 is 0.957 bits per heavy atom. The molecular formula is C36H39ClN6O3S. The maximum absolute atomic E-state index is 14.0. The predicted molar refractivity (Wildman–Crippen MR) is 190 cm³/mol. The molecule has 2 N–H and O–H groups in total. The number of methoxy groups -OCH3 is 2. The first-order valence-corrected chi connectivity index (χ1v) is 16.9. The highest BCUT2D eigenvalue weighted by molar-refractivity contribution is 7.22. The standard InChI is InChI=1S/C36H39ClN6O3S/c1-42-18-20-43(21-19-42)17-5-16-38-36-39-23-30(37)34(41-36)32-22-29-28(6-4-7-31(29)47-32)35(44)40-33(24-8-12-26(45-2)13-9-24)25-10-14-27(46-3)15-11-25/h4,6-15,22-23,33H,5,16-21H2,1-3H3,(H,40,44)(H,38,39,41). The second-order valence-corrected chi connectivity index (χ2v) is 13.1. The van der Waals surface area contributed by atoms with E-state index in [0.717, 1.165) is 83.3 Å². The van der Waals surface area contributed by atoms with Crippen LogP contribution in [-0.4, -0.2) is 86.2 Å². The third-order valence-corrected chi connectivity index (χ3v) is 9.87. The molecule has 1 aliphatic rings. The second-order valence-electron chi connectivity index (χ2n) is 11.6. The number of fused-ring (bicyclic) bond motifs is 1. The van der Waals surface area contributed by atoms with Gasteiger partial charge < -0.3 is 29.9 Å². The third-order valence-electron chi connectivity index (χ3n) is 8.49. The van der Waals surface area contributed by atoms with Gasteiger partial charge in [-0.15, -0.1) is 11.3 Å². The molecule has 2 aromatic heterocycles. The molecule has 9 nitrogen and oxygen atoms in total. The normalized spacial score (nSPS) is 14.0. The zero-order valence-corrected chi connectivity index (χ0v) is 28.4. The zero-order chi connectivity index (χ0) is 32.8. The Morgan fingerprint density at radius 3 is 2.26 bits per heavy atom. The lowest BCUT2D eigenvalue weighted by molar-refractivity contribution is 0.0944. The molecule has 0 atom stereocenters. The van der Waals surface area contributed by atoms with E-state index >= 15 is 0 Å². The molecule has 244 valence electrons. The molecule has 1 amide bonds. The Labute approximate surface area is 284 Å². The number of nitrogens with one attached hydrogen (secondary N) is 2. The molecule has 6 rings (SSSR count). The number of ether oxygens (including phenoxy) is 2. The Balaban J connectivity index is 1.21. The van der Waals surface area contributed by atoms with Gasteiger partial charge in [0.2, 0.25) is 5.95 Å². The SMILES string of the molecule is COc1ccc(C(NC(=O)c2cccc3sc(-c4nc(NCCCN5CCN(C)CC5)ncc4Cl)cc23)c2ccc(OC)cc2)cc1. The second kappa shape index (κ2) is 15.1. The van der Waals surface area contributed by atoms with Crippen molar-refractivity contribution in [2.75, 3.05) is 65.9 Å². The van der Waals surface area contributed by atoms with Gasteiger partial charge in [-0.3, -0.25) is 4.79 Å². The van der Waals surface area contributed by atoms with Crippen molar-refractivity contribution in [3.8, 4) is 22.1 Å². The highest BCUT2D eigenvalue weighted by atomic mass is 35.5. The van der Waals surface area contributed by atoms with Gasteiger partial charge in [-0.2, -0.15) is 0 Å². The minimum absolute atomic E-state index is 0.187. The molecule has 0 unspecified atom stereocenters. The molecule has 47 heavy (non-hydrogen) atoms. The van der Waals surface area contributed by atoms with Crippen molar-refractivity contribution in [3.05, 3.63) is 101 Å². The number of hydrogen-bond acceptors (Lipinski definition) is 9. The van der Waals surface area contributed by atoms with E-state index in [4.69, 9.17) is 26.1 Å². The van der Waals surface area contributed by atoms with Gasteiger partial charge >= 0.3 is 0 Å². The van der Waals surface area contributed by atoms with Crippen LogP contribution in [-0.2, 0) is 0 Å². The van der Waals surface area contributed by atoms with E-state index in [1.807, 2.05) is 72.8 Å². The molecule has 1 aliphatic heterocycles. The third kappa shape index (κ3) is 7.85. The summed E-state index contributed by atoms with van der Waals surface area (Å²) in [4.78, 5) is 28.9. The summed E-state index contributed by atoms with van der Waals surface area (Å²) < 4.78 is 11.7. The van der Waals surface area contributed by atoms with Gasteiger partial charge in [-0.05, 0) is 73.6 Å². The number of rotatable bonds is 12. The average Bonchev–Trinajstić information content (AvgIpc) is 3.55. The number of thiophene rings is 1. The van der Waals surface area contributed by atoms with Crippen molar-refractivity contribution >= 4 is 44.9 Å². The zero-order valence-electron chi connectivity index (χ0n) is 26.8. The van der Waals surface area contributed by atoms with Crippen LogP contribution in [0, 0.1) is 0 Å². The van der Waals surface area contributed by atoms with E-state index < -0.39 is 6.04 Å². The number of hydrogen-bond donors (Lipinski definition) is 2. The molecule has 11 heteroatoms. The molecule has 0 bridgehead atoms. The highest BCUT2D eigenvalue weighted by Gasteiger charge is 2.22. The number of piperazine rings is 1. The van der Waals surface area contributed by atoms with Gasteiger partial charge in [0, 0.05) is 48.4 Å². The first kappa shape index (κ1) is 32.7.